The van der Waals surface area contributed by atoms with Crippen molar-refractivity contribution in [2.24, 2.45) is 11.7 Å². The molecule has 0 radical (unpaired) electrons. The van der Waals surface area contributed by atoms with Gasteiger partial charge < -0.3 is 15.4 Å². The fourth-order valence-electron chi connectivity index (χ4n) is 1.78. The highest BCUT2D eigenvalue weighted by molar-refractivity contribution is 5.76. The van der Waals surface area contributed by atoms with E-state index in [0.717, 1.165) is 19.5 Å². The molecule has 1 amide bonds. The molecule has 0 saturated carbocycles. The standard InChI is InChI=1S/C10H20N2O2/c1-8(7-14-2)5-10(13)12-4-3-9(11)6-12/h8-9H,3-7,11H2,1-2H3. The molecule has 4 heteroatoms. The molecule has 1 rings (SSSR count). The fourth-order valence-corrected chi connectivity index (χ4v) is 1.78. The molecule has 0 aliphatic carbocycles. The molecule has 2 atom stereocenters. The number of rotatable bonds is 4. The van der Waals surface area contributed by atoms with Crippen molar-refractivity contribution in [3.8, 4) is 0 Å². The third-order valence-electron chi connectivity index (χ3n) is 2.55. The number of hydrogen-bond acceptors (Lipinski definition) is 3. The molecule has 1 saturated heterocycles. The molecule has 0 aromatic carbocycles. The molecular formula is C10H20N2O2. The number of carbonyl (C=O) groups excluding carboxylic acids is 1. The van der Waals surface area contributed by atoms with Gasteiger partial charge in [0.25, 0.3) is 0 Å². The van der Waals surface area contributed by atoms with Gasteiger partial charge in [0, 0.05) is 39.3 Å². The highest BCUT2D eigenvalue weighted by atomic mass is 16.5. The predicted molar refractivity (Wildman–Crippen MR) is 54.8 cm³/mol. The molecule has 2 N–H and O–H groups in total. The molecule has 1 fully saturated rings. The molecule has 0 aromatic heterocycles. The van der Waals surface area contributed by atoms with Crippen molar-refractivity contribution in [3.63, 3.8) is 0 Å². The zero-order valence-electron chi connectivity index (χ0n) is 9.03. The third kappa shape index (κ3) is 3.27. The van der Waals surface area contributed by atoms with Gasteiger partial charge in [-0.2, -0.15) is 0 Å². The molecule has 1 aliphatic heterocycles. The maximum absolute atomic E-state index is 11.7. The van der Waals surface area contributed by atoms with Crippen LogP contribution in [0.15, 0.2) is 0 Å². The fraction of sp³-hybridized carbons (Fsp3) is 0.900. The lowest BCUT2D eigenvalue weighted by Crippen LogP contribution is -2.33. The van der Waals surface area contributed by atoms with Gasteiger partial charge in [-0.3, -0.25) is 4.79 Å². The van der Waals surface area contributed by atoms with Crippen molar-refractivity contribution >= 4 is 5.91 Å². The summed E-state index contributed by atoms with van der Waals surface area (Å²) in [6.07, 6.45) is 1.50. The van der Waals surface area contributed by atoms with Crippen LogP contribution in [0.3, 0.4) is 0 Å². The lowest BCUT2D eigenvalue weighted by Gasteiger charge is -2.18. The molecule has 1 heterocycles. The normalized spacial score (nSPS) is 23.9. The number of nitrogens with zero attached hydrogens (tertiary/aromatic N) is 1. The first kappa shape index (κ1) is 11.5. The molecule has 14 heavy (non-hydrogen) atoms. The van der Waals surface area contributed by atoms with Crippen LogP contribution in [0.2, 0.25) is 0 Å². The maximum atomic E-state index is 11.7. The van der Waals surface area contributed by atoms with Gasteiger partial charge in [-0.1, -0.05) is 6.92 Å². The van der Waals surface area contributed by atoms with Crippen molar-refractivity contribution in [1.29, 1.82) is 0 Å². The second kappa shape index (κ2) is 5.32. The number of amides is 1. The Bertz CT molecular complexity index is 197. The highest BCUT2D eigenvalue weighted by Crippen LogP contribution is 2.12. The van der Waals surface area contributed by atoms with Gasteiger partial charge in [0.2, 0.25) is 5.91 Å². The summed E-state index contributed by atoms with van der Waals surface area (Å²) in [5.74, 6) is 0.506. The van der Waals surface area contributed by atoms with Gasteiger partial charge in [-0.15, -0.1) is 0 Å². The van der Waals surface area contributed by atoms with Crippen LogP contribution in [0.25, 0.3) is 0 Å². The van der Waals surface area contributed by atoms with E-state index in [4.69, 9.17) is 10.5 Å². The molecule has 4 nitrogen and oxygen atoms in total. The second-order valence-electron chi connectivity index (χ2n) is 4.15. The summed E-state index contributed by atoms with van der Waals surface area (Å²) in [5.41, 5.74) is 5.73. The Kier molecular flexibility index (Phi) is 4.35. The summed E-state index contributed by atoms with van der Waals surface area (Å²) in [5, 5.41) is 0. The van der Waals surface area contributed by atoms with Crippen molar-refractivity contribution in [1.82, 2.24) is 4.90 Å². The van der Waals surface area contributed by atoms with Gasteiger partial charge in [-0.25, -0.2) is 0 Å². The average Bonchev–Trinajstić information content (AvgIpc) is 2.52. The maximum Gasteiger partial charge on any atom is 0.222 e. The third-order valence-corrected chi connectivity index (χ3v) is 2.55. The molecule has 0 bridgehead atoms. The van der Waals surface area contributed by atoms with Gasteiger partial charge >= 0.3 is 0 Å². The average molecular weight is 200 g/mol. The highest BCUT2D eigenvalue weighted by Gasteiger charge is 2.24. The Morgan fingerprint density at radius 2 is 2.43 bits per heavy atom. The number of carbonyl (C=O) groups is 1. The van der Waals surface area contributed by atoms with Crippen LogP contribution in [0.1, 0.15) is 19.8 Å². The quantitative estimate of drug-likeness (QED) is 0.706. The van der Waals surface area contributed by atoms with E-state index in [1.807, 2.05) is 11.8 Å². The molecule has 82 valence electrons. The number of ether oxygens (including phenoxy) is 1. The molecular weight excluding hydrogens is 180 g/mol. The van der Waals surface area contributed by atoms with Crippen LogP contribution >= 0.6 is 0 Å². The van der Waals surface area contributed by atoms with E-state index in [1.165, 1.54) is 0 Å². The first-order valence-corrected chi connectivity index (χ1v) is 5.15. The number of methoxy groups -OCH3 is 1. The minimum absolute atomic E-state index is 0.177. The van der Waals surface area contributed by atoms with E-state index in [9.17, 15) is 4.79 Å². The van der Waals surface area contributed by atoms with E-state index >= 15 is 0 Å². The first-order chi connectivity index (χ1) is 6.63. The van der Waals surface area contributed by atoms with Crippen LogP contribution in [-0.4, -0.2) is 43.7 Å². The lowest BCUT2D eigenvalue weighted by atomic mass is 10.1. The largest absolute Gasteiger partial charge is 0.384 e. The Morgan fingerprint density at radius 3 is 2.93 bits per heavy atom. The van der Waals surface area contributed by atoms with Crippen LogP contribution in [0.5, 0.6) is 0 Å². The van der Waals surface area contributed by atoms with Gasteiger partial charge in [0.1, 0.15) is 0 Å². The van der Waals surface area contributed by atoms with Gasteiger partial charge in [0.05, 0.1) is 0 Å². The topological polar surface area (TPSA) is 55.6 Å². The smallest absolute Gasteiger partial charge is 0.222 e. The number of hydrogen-bond donors (Lipinski definition) is 1. The Labute approximate surface area is 85.4 Å². The number of likely N-dealkylation sites (tertiary alicyclic amines) is 1. The van der Waals surface area contributed by atoms with Crippen molar-refractivity contribution < 1.29 is 9.53 Å². The Morgan fingerprint density at radius 1 is 1.71 bits per heavy atom. The number of nitrogens with two attached hydrogens (primary N) is 1. The summed E-state index contributed by atoms with van der Waals surface area (Å²) in [6.45, 7) is 4.21. The monoisotopic (exact) mass is 200 g/mol. The minimum atomic E-state index is 0.177. The zero-order valence-corrected chi connectivity index (χ0v) is 9.03. The molecule has 0 aromatic rings. The van der Waals surface area contributed by atoms with Crippen LogP contribution < -0.4 is 5.73 Å². The summed E-state index contributed by atoms with van der Waals surface area (Å²) < 4.78 is 4.99. The predicted octanol–water partition coefficient (Wildman–Crippen LogP) is 0.219. The Balaban J connectivity index is 2.27. The second-order valence-corrected chi connectivity index (χ2v) is 4.15. The molecule has 0 spiro atoms. The summed E-state index contributed by atoms with van der Waals surface area (Å²) in [6, 6.07) is 0.177. The van der Waals surface area contributed by atoms with Crippen LogP contribution in [0.4, 0.5) is 0 Å². The van der Waals surface area contributed by atoms with Crippen molar-refractivity contribution in [2.45, 2.75) is 25.8 Å². The summed E-state index contributed by atoms with van der Waals surface area (Å²) >= 11 is 0. The van der Waals surface area contributed by atoms with Crippen molar-refractivity contribution in [3.05, 3.63) is 0 Å². The van der Waals surface area contributed by atoms with Crippen molar-refractivity contribution in [2.75, 3.05) is 26.8 Å². The van der Waals surface area contributed by atoms with E-state index < -0.39 is 0 Å². The van der Waals surface area contributed by atoms with E-state index in [-0.39, 0.29) is 11.9 Å². The van der Waals surface area contributed by atoms with Crippen LogP contribution in [0, 0.1) is 5.92 Å². The van der Waals surface area contributed by atoms with E-state index in [0.29, 0.717) is 18.9 Å². The van der Waals surface area contributed by atoms with Gasteiger partial charge in [-0.05, 0) is 12.3 Å². The summed E-state index contributed by atoms with van der Waals surface area (Å²) in [4.78, 5) is 13.5. The van der Waals surface area contributed by atoms with Crippen LogP contribution in [-0.2, 0) is 9.53 Å². The lowest BCUT2D eigenvalue weighted by molar-refractivity contribution is -0.131. The Hall–Kier alpha value is -0.610. The molecule has 2 unspecified atom stereocenters. The minimum Gasteiger partial charge on any atom is -0.384 e. The van der Waals surface area contributed by atoms with Gasteiger partial charge in [0.15, 0.2) is 0 Å². The van der Waals surface area contributed by atoms with E-state index in [1.54, 1.807) is 7.11 Å². The SMILES string of the molecule is COCC(C)CC(=O)N1CCC(N)C1. The van der Waals surface area contributed by atoms with E-state index in [2.05, 4.69) is 0 Å². The zero-order chi connectivity index (χ0) is 10.6. The summed E-state index contributed by atoms with van der Waals surface area (Å²) in [7, 11) is 1.66. The first-order valence-electron chi connectivity index (χ1n) is 5.15. The molecule has 1 aliphatic rings.